The summed E-state index contributed by atoms with van der Waals surface area (Å²) in [6.07, 6.45) is 0. The molecule has 0 amide bonds. The van der Waals surface area contributed by atoms with Crippen LogP contribution in [0, 0.1) is 12.7 Å². The molecule has 0 atom stereocenters. The van der Waals surface area contributed by atoms with E-state index in [1.165, 1.54) is 6.07 Å². The second-order valence-corrected chi connectivity index (χ2v) is 5.43. The Kier molecular flexibility index (Phi) is 9.18. The van der Waals surface area contributed by atoms with Crippen molar-refractivity contribution in [1.29, 1.82) is 0 Å². The minimum atomic E-state index is -0.210. The molecule has 0 radical (unpaired) electrons. The zero-order chi connectivity index (χ0) is 18.2. The van der Waals surface area contributed by atoms with E-state index < -0.39 is 0 Å². The van der Waals surface area contributed by atoms with E-state index in [-0.39, 0.29) is 29.8 Å². The van der Waals surface area contributed by atoms with Crippen LogP contribution in [0.15, 0.2) is 41.4 Å². The first kappa shape index (κ1) is 22.0. The van der Waals surface area contributed by atoms with Crippen LogP contribution in [0.5, 0.6) is 11.5 Å². The highest BCUT2D eigenvalue weighted by molar-refractivity contribution is 14.0. The summed E-state index contributed by atoms with van der Waals surface area (Å²) in [5, 5.41) is 6.34. The fraction of sp³-hybridized carbons (Fsp3) is 0.316. The minimum Gasteiger partial charge on any atom is -0.493 e. The summed E-state index contributed by atoms with van der Waals surface area (Å²) in [7, 11) is 3.28. The van der Waals surface area contributed by atoms with E-state index in [0.29, 0.717) is 36.2 Å². The van der Waals surface area contributed by atoms with Gasteiger partial charge in [-0.2, -0.15) is 0 Å². The smallest absolute Gasteiger partial charge is 0.195 e. The summed E-state index contributed by atoms with van der Waals surface area (Å²) < 4.78 is 24.5. The molecule has 2 N–H and O–H groups in total. The van der Waals surface area contributed by atoms with Crippen LogP contribution in [0.4, 0.5) is 10.1 Å². The quantitative estimate of drug-likeness (QED) is 0.372. The van der Waals surface area contributed by atoms with Crippen molar-refractivity contribution in [3.63, 3.8) is 0 Å². The van der Waals surface area contributed by atoms with E-state index in [4.69, 9.17) is 9.47 Å². The van der Waals surface area contributed by atoms with Gasteiger partial charge in [-0.1, -0.05) is 12.1 Å². The number of hydrogen-bond acceptors (Lipinski definition) is 3. The zero-order valence-electron chi connectivity index (χ0n) is 15.4. The van der Waals surface area contributed by atoms with Crippen molar-refractivity contribution in [3.05, 3.63) is 53.3 Å². The van der Waals surface area contributed by atoms with Crippen LogP contribution in [0.1, 0.15) is 18.1 Å². The van der Waals surface area contributed by atoms with Gasteiger partial charge >= 0.3 is 0 Å². The lowest BCUT2D eigenvalue weighted by Gasteiger charge is -2.15. The number of nitrogens with zero attached hydrogens (tertiary/aromatic N) is 1. The number of benzene rings is 2. The first-order valence-corrected chi connectivity index (χ1v) is 8.11. The van der Waals surface area contributed by atoms with Gasteiger partial charge in [0.15, 0.2) is 17.5 Å². The van der Waals surface area contributed by atoms with Crippen molar-refractivity contribution < 1.29 is 13.9 Å². The van der Waals surface area contributed by atoms with Gasteiger partial charge < -0.3 is 20.1 Å². The molecule has 0 unspecified atom stereocenters. The number of nitrogens with one attached hydrogen (secondary N) is 2. The molecule has 26 heavy (non-hydrogen) atoms. The van der Waals surface area contributed by atoms with E-state index in [0.717, 1.165) is 11.3 Å². The van der Waals surface area contributed by atoms with Crippen LogP contribution in [0.25, 0.3) is 0 Å². The maximum atomic E-state index is 13.6. The molecule has 5 nitrogen and oxygen atoms in total. The van der Waals surface area contributed by atoms with E-state index in [1.54, 1.807) is 27.1 Å². The topological polar surface area (TPSA) is 54.9 Å². The van der Waals surface area contributed by atoms with Crippen LogP contribution >= 0.6 is 24.0 Å². The highest BCUT2D eigenvalue weighted by atomic mass is 127. The second-order valence-electron chi connectivity index (χ2n) is 5.43. The van der Waals surface area contributed by atoms with Gasteiger partial charge in [0.25, 0.3) is 0 Å². The number of guanidine groups is 1. The predicted molar refractivity (Wildman–Crippen MR) is 115 cm³/mol. The van der Waals surface area contributed by atoms with Crippen LogP contribution in [-0.4, -0.2) is 26.7 Å². The molecular weight excluding hydrogens is 448 g/mol. The predicted octanol–water partition coefficient (Wildman–Crippen LogP) is 4.35. The van der Waals surface area contributed by atoms with Crippen LogP contribution in [-0.2, 0) is 6.54 Å². The standard InChI is InChI=1S/C19H24FN3O2.HI/c1-5-25-17-9-8-15(11-18(17)24-4)23-19(21-3)22-12-14-7-6-13(2)16(20)10-14;/h6-11H,5,12H2,1-4H3,(H2,21,22,23);1H. The van der Waals surface area contributed by atoms with Gasteiger partial charge in [0.2, 0.25) is 0 Å². The molecule has 0 aliphatic heterocycles. The summed E-state index contributed by atoms with van der Waals surface area (Å²) in [4.78, 5) is 4.18. The fourth-order valence-electron chi connectivity index (χ4n) is 2.27. The largest absolute Gasteiger partial charge is 0.493 e. The van der Waals surface area contributed by atoms with Crippen molar-refractivity contribution in [2.75, 3.05) is 26.1 Å². The molecule has 7 heteroatoms. The molecule has 0 saturated heterocycles. The Hall–Kier alpha value is -2.03. The molecule has 2 aromatic carbocycles. The Bertz CT molecular complexity index is 754. The number of ether oxygens (including phenoxy) is 2. The Morgan fingerprint density at radius 2 is 1.92 bits per heavy atom. The molecule has 0 bridgehead atoms. The second kappa shape index (κ2) is 10.8. The summed E-state index contributed by atoms with van der Waals surface area (Å²) in [6.45, 7) is 4.70. The third-order valence-electron chi connectivity index (χ3n) is 3.65. The highest BCUT2D eigenvalue weighted by Gasteiger charge is 2.07. The van der Waals surface area contributed by atoms with Crippen molar-refractivity contribution in [3.8, 4) is 11.5 Å². The molecular formula is C19H25FIN3O2. The number of anilines is 1. The maximum absolute atomic E-state index is 13.6. The molecule has 142 valence electrons. The van der Waals surface area contributed by atoms with Crippen LogP contribution in [0.2, 0.25) is 0 Å². The number of hydrogen-bond donors (Lipinski definition) is 2. The van der Waals surface area contributed by atoms with Crippen LogP contribution < -0.4 is 20.1 Å². The Labute approximate surface area is 171 Å². The summed E-state index contributed by atoms with van der Waals surface area (Å²) in [6, 6.07) is 10.7. The molecule has 0 heterocycles. The molecule has 0 fully saturated rings. The van der Waals surface area contributed by atoms with Gasteiger partial charge in [0, 0.05) is 25.3 Å². The molecule has 0 saturated carbocycles. The van der Waals surface area contributed by atoms with Crippen molar-refractivity contribution in [1.82, 2.24) is 5.32 Å². The van der Waals surface area contributed by atoms with Gasteiger partial charge in [-0.15, -0.1) is 24.0 Å². The maximum Gasteiger partial charge on any atom is 0.195 e. The number of halogens is 2. The van der Waals surface area contributed by atoms with Gasteiger partial charge in [-0.25, -0.2) is 4.39 Å². The van der Waals surface area contributed by atoms with Crippen molar-refractivity contribution in [2.24, 2.45) is 4.99 Å². The Morgan fingerprint density at radius 1 is 1.15 bits per heavy atom. The summed E-state index contributed by atoms with van der Waals surface area (Å²) >= 11 is 0. The molecule has 2 rings (SSSR count). The third-order valence-corrected chi connectivity index (χ3v) is 3.65. The number of aryl methyl sites for hydroxylation is 1. The zero-order valence-corrected chi connectivity index (χ0v) is 17.8. The molecule has 0 aromatic heterocycles. The van der Waals surface area contributed by atoms with Gasteiger partial charge in [-0.05, 0) is 43.2 Å². The lowest BCUT2D eigenvalue weighted by molar-refractivity contribution is 0.311. The van der Waals surface area contributed by atoms with E-state index in [9.17, 15) is 4.39 Å². The number of rotatable bonds is 6. The summed E-state index contributed by atoms with van der Waals surface area (Å²) in [5.41, 5.74) is 2.28. The SMILES string of the molecule is CCOc1ccc(NC(=NC)NCc2ccc(C)c(F)c2)cc1OC.I. The first-order chi connectivity index (χ1) is 12.1. The van der Waals surface area contributed by atoms with E-state index in [1.807, 2.05) is 31.2 Å². The molecule has 2 aromatic rings. The monoisotopic (exact) mass is 473 g/mol. The van der Waals surface area contributed by atoms with Crippen LogP contribution in [0.3, 0.4) is 0 Å². The van der Waals surface area contributed by atoms with E-state index in [2.05, 4.69) is 15.6 Å². The number of methoxy groups -OCH3 is 1. The molecule has 0 aliphatic carbocycles. The van der Waals surface area contributed by atoms with E-state index >= 15 is 0 Å². The van der Waals surface area contributed by atoms with Gasteiger partial charge in [0.1, 0.15) is 5.82 Å². The lowest BCUT2D eigenvalue weighted by atomic mass is 10.1. The molecule has 0 aliphatic rings. The van der Waals surface area contributed by atoms with Crippen molar-refractivity contribution in [2.45, 2.75) is 20.4 Å². The molecule has 0 spiro atoms. The highest BCUT2D eigenvalue weighted by Crippen LogP contribution is 2.30. The minimum absolute atomic E-state index is 0. The first-order valence-electron chi connectivity index (χ1n) is 8.11. The summed E-state index contributed by atoms with van der Waals surface area (Å²) in [5.74, 6) is 1.70. The average Bonchev–Trinajstić information content (AvgIpc) is 2.62. The fourth-order valence-corrected chi connectivity index (χ4v) is 2.27. The van der Waals surface area contributed by atoms with Gasteiger partial charge in [0.05, 0.1) is 13.7 Å². The third kappa shape index (κ3) is 6.05. The number of aliphatic imine (C=N–C) groups is 1. The van der Waals surface area contributed by atoms with Gasteiger partial charge in [-0.3, -0.25) is 4.99 Å². The van der Waals surface area contributed by atoms with Crippen molar-refractivity contribution >= 4 is 35.6 Å². The Morgan fingerprint density at radius 3 is 2.54 bits per heavy atom. The Balaban J connectivity index is 0.00000338. The normalized spacial score (nSPS) is 10.7. The average molecular weight is 473 g/mol. The lowest BCUT2D eigenvalue weighted by Crippen LogP contribution is -2.30.